The molecule has 1 atom stereocenters. The Hall–Kier alpha value is -0.380. The molecule has 3 heteroatoms. The first kappa shape index (κ1) is 11.1. The van der Waals surface area contributed by atoms with Crippen LogP contribution in [0.5, 0.6) is 0 Å². The lowest BCUT2D eigenvalue weighted by Crippen LogP contribution is -2.27. The molecule has 84 valence electrons. The summed E-state index contributed by atoms with van der Waals surface area (Å²) >= 11 is 1.89. The summed E-state index contributed by atoms with van der Waals surface area (Å²) in [5, 5.41) is 2.18. The first-order valence-electron chi connectivity index (χ1n) is 5.76. The van der Waals surface area contributed by atoms with Gasteiger partial charge in [0.1, 0.15) is 0 Å². The van der Waals surface area contributed by atoms with E-state index in [1.807, 2.05) is 11.3 Å². The molecule has 0 saturated heterocycles. The van der Waals surface area contributed by atoms with E-state index in [0.717, 1.165) is 25.4 Å². The van der Waals surface area contributed by atoms with Gasteiger partial charge >= 0.3 is 0 Å². The first-order chi connectivity index (χ1) is 7.33. The maximum atomic E-state index is 5.56. The third kappa shape index (κ3) is 2.80. The second kappa shape index (κ2) is 5.10. The molecular weight excluding hydrogens is 204 g/mol. The Morgan fingerprint density at radius 2 is 2.40 bits per heavy atom. The Morgan fingerprint density at radius 1 is 1.60 bits per heavy atom. The lowest BCUT2D eigenvalue weighted by molar-refractivity contribution is 0.223. The fourth-order valence-electron chi connectivity index (χ4n) is 2.16. The van der Waals surface area contributed by atoms with Crippen molar-refractivity contribution >= 4 is 11.3 Å². The molecule has 1 aliphatic carbocycles. The van der Waals surface area contributed by atoms with Gasteiger partial charge in [-0.3, -0.25) is 4.90 Å². The summed E-state index contributed by atoms with van der Waals surface area (Å²) < 4.78 is 0. The highest BCUT2D eigenvalue weighted by atomic mass is 32.1. The molecule has 0 amide bonds. The summed E-state index contributed by atoms with van der Waals surface area (Å²) in [6, 6.07) is 5.08. The Labute approximate surface area is 96.1 Å². The molecule has 0 aliphatic heterocycles. The summed E-state index contributed by atoms with van der Waals surface area (Å²) in [5.41, 5.74) is 5.56. The number of rotatable bonds is 6. The SMILES string of the molecule is CN(CCCN)C(c1cccs1)C1CC1. The zero-order chi connectivity index (χ0) is 10.7. The van der Waals surface area contributed by atoms with E-state index in [9.17, 15) is 0 Å². The highest BCUT2D eigenvalue weighted by Crippen LogP contribution is 2.45. The quantitative estimate of drug-likeness (QED) is 0.804. The van der Waals surface area contributed by atoms with Crippen molar-refractivity contribution < 1.29 is 0 Å². The number of thiophene rings is 1. The lowest BCUT2D eigenvalue weighted by atomic mass is 10.1. The van der Waals surface area contributed by atoms with Gasteiger partial charge in [0.2, 0.25) is 0 Å². The predicted octanol–water partition coefficient (Wildman–Crippen LogP) is 2.48. The summed E-state index contributed by atoms with van der Waals surface area (Å²) in [4.78, 5) is 4.01. The second-order valence-electron chi connectivity index (χ2n) is 4.42. The minimum absolute atomic E-state index is 0.650. The van der Waals surface area contributed by atoms with Crippen molar-refractivity contribution in [3.05, 3.63) is 22.4 Å². The van der Waals surface area contributed by atoms with Crippen LogP contribution in [0.3, 0.4) is 0 Å². The Kier molecular flexibility index (Phi) is 3.78. The van der Waals surface area contributed by atoms with Gasteiger partial charge in [0.25, 0.3) is 0 Å². The van der Waals surface area contributed by atoms with E-state index in [1.165, 1.54) is 17.7 Å². The maximum absolute atomic E-state index is 5.56. The van der Waals surface area contributed by atoms with Crippen molar-refractivity contribution in [2.75, 3.05) is 20.1 Å². The van der Waals surface area contributed by atoms with Crippen LogP contribution in [0.1, 0.15) is 30.2 Å². The van der Waals surface area contributed by atoms with E-state index in [1.54, 1.807) is 0 Å². The molecule has 1 heterocycles. The normalized spacial score (nSPS) is 18.3. The number of nitrogens with two attached hydrogens (primary N) is 1. The monoisotopic (exact) mass is 224 g/mol. The minimum Gasteiger partial charge on any atom is -0.330 e. The molecule has 1 unspecified atom stereocenters. The molecule has 0 spiro atoms. The van der Waals surface area contributed by atoms with Crippen molar-refractivity contribution in [1.29, 1.82) is 0 Å². The van der Waals surface area contributed by atoms with Gasteiger partial charge in [0, 0.05) is 10.9 Å². The largest absolute Gasteiger partial charge is 0.330 e. The van der Waals surface area contributed by atoms with Crippen LogP contribution >= 0.6 is 11.3 Å². The molecule has 0 radical (unpaired) electrons. The minimum atomic E-state index is 0.650. The van der Waals surface area contributed by atoms with Crippen LogP contribution in [0.4, 0.5) is 0 Å². The smallest absolute Gasteiger partial charge is 0.0466 e. The summed E-state index contributed by atoms with van der Waals surface area (Å²) in [6.07, 6.45) is 3.90. The number of nitrogens with zero attached hydrogens (tertiary/aromatic N) is 1. The van der Waals surface area contributed by atoms with Gasteiger partial charge in [-0.15, -0.1) is 11.3 Å². The average Bonchev–Trinajstić information content (AvgIpc) is 2.91. The van der Waals surface area contributed by atoms with Crippen molar-refractivity contribution in [1.82, 2.24) is 4.90 Å². The molecule has 2 nitrogen and oxygen atoms in total. The summed E-state index contributed by atoms with van der Waals surface area (Å²) in [5.74, 6) is 0.895. The van der Waals surface area contributed by atoms with Gasteiger partial charge in [0.05, 0.1) is 0 Å². The Morgan fingerprint density at radius 3 is 2.93 bits per heavy atom. The highest BCUT2D eigenvalue weighted by molar-refractivity contribution is 7.10. The molecule has 0 aromatic carbocycles. The van der Waals surface area contributed by atoms with Crippen LogP contribution in [-0.4, -0.2) is 25.0 Å². The molecule has 2 N–H and O–H groups in total. The molecule has 15 heavy (non-hydrogen) atoms. The average molecular weight is 224 g/mol. The van der Waals surface area contributed by atoms with Gasteiger partial charge < -0.3 is 5.73 Å². The van der Waals surface area contributed by atoms with Crippen LogP contribution in [0.2, 0.25) is 0 Å². The van der Waals surface area contributed by atoms with Gasteiger partial charge in [-0.05, 0) is 56.8 Å². The molecular formula is C12H20N2S. The summed E-state index contributed by atoms with van der Waals surface area (Å²) in [7, 11) is 2.23. The number of hydrogen-bond donors (Lipinski definition) is 1. The van der Waals surface area contributed by atoms with Gasteiger partial charge in [-0.2, -0.15) is 0 Å². The zero-order valence-corrected chi connectivity index (χ0v) is 10.2. The van der Waals surface area contributed by atoms with Crippen molar-refractivity contribution in [2.45, 2.75) is 25.3 Å². The third-order valence-corrected chi connectivity index (χ3v) is 4.04. The van der Waals surface area contributed by atoms with Gasteiger partial charge in [-0.25, -0.2) is 0 Å². The third-order valence-electron chi connectivity index (χ3n) is 3.09. The van der Waals surface area contributed by atoms with Gasteiger partial charge in [0.15, 0.2) is 0 Å². The van der Waals surface area contributed by atoms with Gasteiger partial charge in [-0.1, -0.05) is 6.07 Å². The van der Waals surface area contributed by atoms with Crippen molar-refractivity contribution in [2.24, 2.45) is 11.7 Å². The van der Waals surface area contributed by atoms with Crippen LogP contribution in [0.15, 0.2) is 17.5 Å². The van der Waals surface area contributed by atoms with Crippen LogP contribution < -0.4 is 5.73 Å². The van der Waals surface area contributed by atoms with Crippen LogP contribution in [-0.2, 0) is 0 Å². The standard InChI is InChI=1S/C12H20N2S/c1-14(8-3-7-13)12(10-5-6-10)11-4-2-9-15-11/h2,4,9-10,12H,3,5-8,13H2,1H3. The lowest BCUT2D eigenvalue weighted by Gasteiger charge is -2.27. The van der Waals surface area contributed by atoms with Crippen LogP contribution in [0.25, 0.3) is 0 Å². The van der Waals surface area contributed by atoms with Crippen molar-refractivity contribution in [3.63, 3.8) is 0 Å². The highest BCUT2D eigenvalue weighted by Gasteiger charge is 2.35. The van der Waals surface area contributed by atoms with E-state index < -0.39 is 0 Å². The topological polar surface area (TPSA) is 29.3 Å². The van der Waals surface area contributed by atoms with E-state index >= 15 is 0 Å². The van der Waals surface area contributed by atoms with Crippen molar-refractivity contribution in [3.8, 4) is 0 Å². The zero-order valence-electron chi connectivity index (χ0n) is 9.36. The van der Waals surface area contributed by atoms with E-state index in [2.05, 4.69) is 29.5 Å². The second-order valence-corrected chi connectivity index (χ2v) is 5.40. The first-order valence-corrected chi connectivity index (χ1v) is 6.64. The Balaban J connectivity index is 1.99. The molecule has 0 bridgehead atoms. The van der Waals surface area contributed by atoms with Crippen LogP contribution in [0, 0.1) is 5.92 Å². The molecule has 1 aliphatic rings. The fraction of sp³-hybridized carbons (Fsp3) is 0.667. The molecule has 1 aromatic rings. The van der Waals surface area contributed by atoms with E-state index in [0.29, 0.717) is 6.04 Å². The summed E-state index contributed by atoms with van der Waals surface area (Å²) in [6.45, 7) is 1.92. The molecule has 2 rings (SSSR count). The van der Waals surface area contributed by atoms with E-state index in [-0.39, 0.29) is 0 Å². The molecule has 1 fully saturated rings. The predicted molar refractivity (Wildman–Crippen MR) is 66.1 cm³/mol. The Bertz CT molecular complexity index is 280. The molecule has 1 saturated carbocycles. The van der Waals surface area contributed by atoms with E-state index in [4.69, 9.17) is 5.73 Å². The fourth-order valence-corrected chi connectivity index (χ4v) is 3.14. The molecule has 1 aromatic heterocycles. The maximum Gasteiger partial charge on any atom is 0.0466 e. The number of hydrogen-bond acceptors (Lipinski definition) is 3.